The zero-order valence-electron chi connectivity index (χ0n) is 19.6. The Morgan fingerprint density at radius 3 is 2.54 bits per heavy atom. The number of para-hydroxylation sites is 1. The smallest absolute Gasteiger partial charge is 0.444 e. The Morgan fingerprint density at radius 1 is 1.17 bits per heavy atom. The Balaban J connectivity index is 1.66. The van der Waals surface area contributed by atoms with Gasteiger partial charge >= 0.3 is 12.5 Å². The first kappa shape index (κ1) is 26.9. The molecule has 1 amide bonds. The minimum Gasteiger partial charge on any atom is -0.444 e. The average molecular weight is 517 g/mol. The molecular weight excluding hydrogens is 489 g/mol. The maximum Gasteiger partial charge on any atom is 0.573 e. The lowest BCUT2D eigenvalue weighted by molar-refractivity contribution is -0.274. The summed E-state index contributed by atoms with van der Waals surface area (Å²) in [6.45, 7) is 5.73. The fourth-order valence-corrected chi connectivity index (χ4v) is 3.95. The van der Waals surface area contributed by atoms with Crippen molar-refractivity contribution in [3.8, 4) is 16.9 Å². The van der Waals surface area contributed by atoms with Crippen LogP contribution in [0.1, 0.15) is 33.6 Å². The van der Waals surface area contributed by atoms with Crippen molar-refractivity contribution in [3.63, 3.8) is 0 Å². The molecule has 0 aromatic heterocycles. The molecule has 2 N–H and O–H groups in total. The summed E-state index contributed by atoms with van der Waals surface area (Å²) in [6.07, 6.45) is -5.10. The van der Waals surface area contributed by atoms with Crippen molar-refractivity contribution in [2.75, 3.05) is 18.6 Å². The first-order valence-electron chi connectivity index (χ1n) is 11.0. The van der Waals surface area contributed by atoms with Gasteiger partial charge in [0.15, 0.2) is 0 Å². The van der Waals surface area contributed by atoms with Crippen LogP contribution in [0.3, 0.4) is 0 Å². The van der Waals surface area contributed by atoms with Gasteiger partial charge < -0.3 is 19.5 Å². The number of rotatable bonds is 6. The van der Waals surface area contributed by atoms with Gasteiger partial charge in [0.2, 0.25) is 0 Å². The van der Waals surface area contributed by atoms with Crippen LogP contribution in [0.4, 0.5) is 23.7 Å². The number of nitrogens with zero attached hydrogens (tertiary/aromatic N) is 1. The van der Waals surface area contributed by atoms with Gasteiger partial charge in [-0.25, -0.2) is 4.79 Å². The molecule has 1 fully saturated rings. The fourth-order valence-electron chi connectivity index (χ4n) is 3.67. The van der Waals surface area contributed by atoms with Gasteiger partial charge in [-0.3, -0.25) is 10.3 Å². The minimum absolute atomic E-state index is 0.0674. The third-order valence-electron chi connectivity index (χ3n) is 5.15. The maximum atomic E-state index is 12.7. The summed E-state index contributed by atoms with van der Waals surface area (Å²) in [5.74, 6) is -0.364. The monoisotopic (exact) mass is 516 g/mol. The van der Waals surface area contributed by atoms with E-state index in [9.17, 15) is 23.1 Å². The maximum absolute atomic E-state index is 12.7. The van der Waals surface area contributed by atoms with Crippen molar-refractivity contribution in [1.82, 2.24) is 4.90 Å². The van der Waals surface area contributed by atoms with Crippen molar-refractivity contribution in [2.24, 2.45) is 0 Å². The van der Waals surface area contributed by atoms with Crippen LogP contribution in [0, 0.1) is 0 Å². The molecule has 0 radical (unpaired) electrons. The largest absolute Gasteiger partial charge is 0.573 e. The van der Waals surface area contributed by atoms with E-state index in [1.165, 1.54) is 29.2 Å². The van der Waals surface area contributed by atoms with E-state index in [1.807, 2.05) is 0 Å². The predicted octanol–water partition coefficient (Wildman–Crippen LogP) is 6.01. The van der Waals surface area contributed by atoms with E-state index < -0.39 is 30.2 Å². The zero-order chi connectivity index (χ0) is 25.8. The van der Waals surface area contributed by atoms with Gasteiger partial charge in [0.25, 0.3) is 0 Å². The Morgan fingerprint density at radius 2 is 1.89 bits per heavy atom. The summed E-state index contributed by atoms with van der Waals surface area (Å²) < 4.78 is 47.8. The molecule has 1 saturated heterocycles. The summed E-state index contributed by atoms with van der Waals surface area (Å²) in [5, 5.41) is 10.2. The molecule has 0 spiro atoms. The Bertz CT molecular complexity index is 1030. The number of carbonyl (C=O) groups is 1. The average Bonchev–Trinajstić information content (AvgIpc) is 2.72. The highest BCUT2D eigenvalue weighted by Crippen LogP contribution is 2.38. The lowest BCUT2D eigenvalue weighted by Gasteiger charge is -2.38. The molecule has 0 aliphatic carbocycles. The number of piperidine rings is 1. The van der Waals surface area contributed by atoms with Gasteiger partial charge in [-0.05, 0) is 51.8 Å². The SMILES string of the molecule is CC(C)(C)OC(=O)N1CC[C@@H](O)C[C@@H]1CONc1ccc(-c2ccccc2OC(F)(F)F)c(Cl)c1. The highest BCUT2D eigenvalue weighted by Gasteiger charge is 2.34. The number of anilines is 1. The first-order valence-corrected chi connectivity index (χ1v) is 11.4. The Hall–Kier alpha value is -2.69. The van der Waals surface area contributed by atoms with Crippen LogP contribution in [0.2, 0.25) is 5.02 Å². The number of aliphatic hydroxyl groups is 1. The molecule has 0 unspecified atom stereocenters. The lowest BCUT2D eigenvalue weighted by atomic mass is 10.0. The van der Waals surface area contributed by atoms with Gasteiger partial charge in [0, 0.05) is 17.7 Å². The van der Waals surface area contributed by atoms with Crippen LogP contribution in [0.15, 0.2) is 42.5 Å². The van der Waals surface area contributed by atoms with Gasteiger partial charge in [-0.2, -0.15) is 0 Å². The number of aliphatic hydroxyl groups excluding tert-OH is 1. The molecule has 1 heterocycles. The first-order chi connectivity index (χ1) is 16.3. The van der Waals surface area contributed by atoms with E-state index in [-0.39, 0.29) is 22.9 Å². The van der Waals surface area contributed by atoms with E-state index >= 15 is 0 Å². The third-order valence-corrected chi connectivity index (χ3v) is 5.47. The molecule has 2 aromatic rings. The molecule has 0 saturated carbocycles. The van der Waals surface area contributed by atoms with E-state index in [2.05, 4.69) is 10.2 Å². The fraction of sp³-hybridized carbons (Fsp3) is 0.458. The van der Waals surface area contributed by atoms with E-state index in [0.717, 1.165) is 0 Å². The minimum atomic E-state index is -4.84. The highest BCUT2D eigenvalue weighted by atomic mass is 35.5. The second-order valence-corrected chi connectivity index (χ2v) is 9.56. The van der Waals surface area contributed by atoms with E-state index in [4.69, 9.17) is 21.2 Å². The van der Waals surface area contributed by atoms with Crippen molar-refractivity contribution >= 4 is 23.4 Å². The van der Waals surface area contributed by atoms with Crippen molar-refractivity contribution in [1.29, 1.82) is 0 Å². The van der Waals surface area contributed by atoms with Gasteiger partial charge in [-0.15, -0.1) is 13.2 Å². The van der Waals surface area contributed by atoms with Crippen molar-refractivity contribution in [2.45, 2.75) is 57.7 Å². The van der Waals surface area contributed by atoms with Crippen LogP contribution in [-0.2, 0) is 9.57 Å². The van der Waals surface area contributed by atoms with Crippen LogP contribution in [0.5, 0.6) is 5.75 Å². The summed E-state index contributed by atoms with van der Waals surface area (Å²) in [6, 6.07) is 9.93. The number of halogens is 4. The quantitative estimate of drug-likeness (QED) is 0.458. The highest BCUT2D eigenvalue weighted by molar-refractivity contribution is 6.33. The second-order valence-electron chi connectivity index (χ2n) is 9.16. The lowest BCUT2D eigenvalue weighted by Crippen LogP contribution is -2.51. The van der Waals surface area contributed by atoms with Crippen LogP contribution >= 0.6 is 11.6 Å². The van der Waals surface area contributed by atoms with E-state index in [1.54, 1.807) is 39.0 Å². The van der Waals surface area contributed by atoms with Crippen molar-refractivity contribution in [3.05, 3.63) is 47.5 Å². The van der Waals surface area contributed by atoms with Crippen LogP contribution in [-0.4, -0.2) is 53.4 Å². The summed E-state index contributed by atoms with van der Waals surface area (Å²) in [5.41, 5.74) is 3.07. The van der Waals surface area contributed by atoms with E-state index in [0.29, 0.717) is 30.6 Å². The molecule has 11 heteroatoms. The number of alkyl halides is 3. The number of hydrogen-bond donors (Lipinski definition) is 2. The second kappa shape index (κ2) is 10.9. The topological polar surface area (TPSA) is 80.3 Å². The molecule has 35 heavy (non-hydrogen) atoms. The number of benzene rings is 2. The molecular formula is C24H28ClF3N2O5. The zero-order valence-corrected chi connectivity index (χ0v) is 20.3. The molecule has 2 aromatic carbocycles. The Labute approximate surface area is 206 Å². The normalized spacial score (nSPS) is 18.8. The molecule has 3 rings (SSSR count). The van der Waals surface area contributed by atoms with Crippen LogP contribution < -0.4 is 10.2 Å². The van der Waals surface area contributed by atoms with Gasteiger partial charge in [0.05, 0.1) is 29.5 Å². The number of carbonyl (C=O) groups excluding carboxylic acids is 1. The van der Waals surface area contributed by atoms with Gasteiger partial charge in [0.1, 0.15) is 11.4 Å². The number of nitrogens with one attached hydrogen (secondary N) is 1. The molecule has 7 nitrogen and oxygen atoms in total. The number of ether oxygens (including phenoxy) is 2. The third kappa shape index (κ3) is 7.91. The standard InChI is InChI=1S/C24H28ClF3N2O5/c1-23(2,3)35-22(32)30-11-10-17(31)13-16(30)14-33-29-15-8-9-18(20(25)12-15)19-6-4-5-7-21(19)34-24(26,27)28/h4-9,12,16-17,29,31H,10-11,13-14H2,1-3H3/t16-,17-/m1/s1. The summed E-state index contributed by atoms with van der Waals surface area (Å²) >= 11 is 6.35. The number of likely N-dealkylation sites (tertiary alicyclic amines) is 1. The van der Waals surface area contributed by atoms with Crippen LogP contribution in [0.25, 0.3) is 11.1 Å². The molecule has 1 aliphatic heterocycles. The number of amides is 1. The number of hydrogen-bond acceptors (Lipinski definition) is 6. The summed E-state index contributed by atoms with van der Waals surface area (Å²) in [4.78, 5) is 19.6. The molecule has 2 atom stereocenters. The molecule has 1 aliphatic rings. The molecule has 192 valence electrons. The molecule has 0 bridgehead atoms. The van der Waals surface area contributed by atoms with Crippen molar-refractivity contribution < 1.29 is 37.4 Å². The Kier molecular flexibility index (Phi) is 8.40. The predicted molar refractivity (Wildman–Crippen MR) is 125 cm³/mol. The summed E-state index contributed by atoms with van der Waals surface area (Å²) in [7, 11) is 0. The van der Waals surface area contributed by atoms with Gasteiger partial charge in [-0.1, -0.05) is 35.9 Å².